The van der Waals surface area contributed by atoms with E-state index in [0.29, 0.717) is 38.1 Å². The van der Waals surface area contributed by atoms with Gasteiger partial charge < -0.3 is 20.6 Å². The van der Waals surface area contributed by atoms with E-state index in [0.717, 1.165) is 50.5 Å². The number of aliphatic hydroxyl groups excluding tert-OH is 1. The van der Waals surface area contributed by atoms with Crippen molar-refractivity contribution >= 4 is 19.4 Å². The summed E-state index contributed by atoms with van der Waals surface area (Å²) < 4.78 is 18.6. The summed E-state index contributed by atoms with van der Waals surface area (Å²) in [7, 11) is -4.04. The molecule has 0 spiro atoms. The van der Waals surface area contributed by atoms with Gasteiger partial charge in [0.05, 0.1) is 18.3 Å². The fraction of sp³-hybridized carbons (Fsp3) is 0.742. The van der Waals surface area contributed by atoms with Gasteiger partial charge in [0.25, 0.3) is 0 Å². The molecule has 8 nitrogen and oxygen atoms in total. The Kier molecular flexibility index (Phi) is 16.1. The molecule has 1 aromatic rings. The number of hydrogen-bond donors (Lipinski definition) is 4. The number of unbranched alkanes of at least 4 members (excludes halogenated alkanes) is 2. The van der Waals surface area contributed by atoms with Crippen molar-refractivity contribution in [2.45, 2.75) is 122 Å². The zero-order valence-electron chi connectivity index (χ0n) is 24.9. The number of aliphatic hydroxyl groups is 1. The molecule has 0 saturated heterocycles. The average Bonchev–Trinajstić information content (AvgIpc) is 2.94. The highest BCUT2D eigenvalue weighted by Crippen LogP contribution is 2.44. The van der Waals surface area contributed by atoms with Gasteiger partial charge in [-0.3, -0.25) is 18.7 Å². The minimum Gasteiger partial charge on any atom is -0.391 e. The minimum atomic E-state index is -4.04. The van der Waals surface area contributed by atoms with Crippen molar-refractivity contribution in [1.82, 2.24) is 10.6 Å². The Balaban J connectivity index is 2.09. The molecular formula is C31H53N2O6P. The highest BCUT2D eigenvalue weighted by atomic mass is 31.2. The molecule has 5 atom stereocenters. The molecule has 2 amide bonds. The fourth-order valence-corrected chi connectivity index (χ4v) is 6.60. The van der Waals surface area contributed by atoms with Gasteiger partial charge in [-0.2, -0.15) is 0 Å². The molecule has 1 aliphatic rings. The third kappa shape index (κ3) is 13.3. The van der Waals surface area contributed by atoms with E-state index >= 15 is 0 Å². The van der Waals surface area contributed by atoms with Crippen LogP contribution in [0.3, 0.4) is 0 Å². The molecule has 1 aliphatic carbocycles. The van der Waals surface area contributed by atoms with Crippen LogP contribution >= 0.6 is 7.60 Å². The standard InChI is InChI=1S/C31H53N2O6P/c1-4-6-18-29(39-40(37,38)21-19-25-14-10-8-11-15-25)31(36)33-27(23-26-16-12-9-13-17-26)28(34)22-24(3)30(35)32-20-7-5-2/h8,10-11,14-15,24,26-29,34H,4-7,9,12-13,16-23H2,1-3H3,(H,32,35)(H,33,36)(H,37,38)/t24-,27+,28+,29+/m1/s1. The lowest BCUT2D eigenvalue weighted by atomic mass is 9.82. The van der Waals surface area contributed by atoms with E-state index in [9.17, 15) is 24.2 Å². The predicted molar refractivity (Wildman–Crippen MR) is 160 cm³/mol. The van der Waals surface area contributed by atoms with E-state index in [1.54, 1.807) is 6.92 Å². The van der Waals surface area contributed by atoms with Crippen LogP contribution in [0.25, 0.3) is 0 Å². The van der Waals surface area contributed by atoms with Crippen molar-refractivity contribution in [1.29, 1.82) is 0 Å². The monoisotopic (exact) mass is 580 g/mol. The van der Waals surface area contributed by atoms with E-state index < -0.39 is 37.7 Å². The lowest BCUT2D eigenvalue weighted by Crippen LogP contribution is -2.49. The highest BCUT2D eigenvalue weighted by molar-refractivity contribution is 7.52. The van der Waals surface area contributed by atoms with Crippen LogP contribution < -0.4 is 10.6 Å². The van der Waals surface area contributed by atoms with Gasteiger partial charge in [-0.25, -0.2) is 0 Å². The molecule has 0 aliphatic heterocycles. The second-order valence-electron chi connectivity index (χ2n) is 11.5. The summed E-state index contributed by atoms with van der Waals surface area (Å²) in [6.45, 7) is 6.46. The van der Waals surface area contributed by atoms with Crippen molar-refractivity contribution in [3.63, 3.8) is 0 Å². The van der Waals surface area contributed by atoms with Crippen LogP contribution in [0.4, 0.5) is 0 Å². The van der Waals surface area contributed by atoms with E-state index in [-0.39, 0.29) is 18.5 Å². The number of amides is 2. The number of carbonyl (C=O) groups is 2. The first-order valence-electron chi connectivity index (χ1n) is 15.4. The number of carbonyl (C=O) groups excluding carboxylic acids is 2. The van der Waals surface area contributed by atoms with Crippen molar-refractivity contribution in [3.8, 4) is 0 Å². The van der Waals surface area contributed by atoms with Gasteiger partial charge in [-0.1, -0.05) is 102 Å². The number of rotatable bonds is 19. The molecule has 0 aromatic heterocycles. The molecule has 1 unspecified atom stereocenters. The van der Waals surface area contributed by atoms with E-state index in [4.69, 9.17) is 4.52 Å². The number of hydrogen-bond acceptors (Lipinski definition) is 5. The van der Waals surface area contributed by atoms with Crippen molar-refractivity contribution in [2.24, 2.45) is 11.8 Å². The van der Waals surface area contributed by atoms with Crippen molar-refractivity contribution < 1.29 is 28.7 Å². The number of aryl methyl sites for hydroxylation is 1. The normalized spacial score (nSPS) is 18.7. The number of benzene rings is 1. The zero-order valence-corrected chi connectivity index (χ0v) is 25.7. The zero-order chi connectivity index (χ0) is 29.4. The van der Waals surface area contributed by atoms with Crippen LogP contribution in [0, 0.1) is 11.8 Å². The van der Waals surface area contributed by atoms with Gasteiger partial charge in [0, 0.05) is 12.5 Å². The molecule has 1 aromatic carbocycles. The summed E-state index contributed by atoms with van der Waals surface area (Å²) in [5.41, 5.74) is 0.929. The van der Waals surface area contributed by atoms with Gasteiger partial charge in [-0.15, -0.1) is 0 Å². The first-order chi connectivity index (χ1) is 19.1. The summed E-state index contributed by atoms with van der Waals surface area (Å²) in [5, 5.41) is 17.2. The van der Waals surface area contributed by atoms with Crippen LogP contribution in [-0.2, 0) is 25.1 Å². The summed E-state index contributed by atoms with van der Waals surface area (Å²) >= 11 is 0. The smallest absolute Gasteiger partial charge is 0.329 e. The number of nitrogens with one attached hydrogen (secondary N) is 2. The Morgan fingerprint density at radius 2 is 1.73 bits per heavy atom. The Labute approximate surface area is 241 Å². The topological polar surface area (TPSA) is 125 Å². The maximum atomic E-state index is 13.5. The van der Waals surface area contributed by atoms with Crippen LogP contribution in [0.1, 0.15) is 103 Å². The maximum absolute atomic E-state index is 13.5. The fourth-order valence-electron chi connectivity index (χ4n) is 5.35. The Bertz CT molecular complexity index is 908. The molecule has 1 saturated carbocycles. The SMILES string of the molecule is CCCCNC(=O)[C@H](C)C[C@H](O)[C@H](CC1CCCCC1)NC(=O)[C@H](CCCC)OP(=O)(O)CCc1ccccc1. The first kappa shape index (κ1) is 34.5. The second kappa shape index (κ2) is 18.7. The van der Waals surface area contributed by atoms with Crippen molar-refractivity contribution in [2.75, 3.05) is 12.7 Å². The molecule has 40 heavy (non-hydrogen) atoms. The summed E-state index contributed by atoms with van der Waals surface area (Å²) in [5.74, 6) is -0.589. The largest absolute Gasteiger partial charge is 0.391 e. The van der Waals surface area contributed by atoms with E-state index in [1.807, 2.05) is 37.3 Å². The van der Waals surface area contributed by atoms with Crippen LogP contribution in [-0.4, -0.2) is 52.8 Å². The van der Waals surface area contributed by atoms with Gasteiger partial charge in [-0.05, 0) is 43.6 Å². The van der Waals surface area contributed by atoms with Crippen molar-refractivity contribution in [3.05, 3.63) is 35.9 Å². The van der Waals surface area contributed by atoms with E-state index in [1.165, 1.54) is 6.42 Å². The third-order valence-corrected chi connectivity index (χ3v) is 9.28. The third-order valence-electron chi connectivity index (χ3n) is 7.91. The predicted octanol–water partition coefficient (Wildman–Crippen LogP) is 5.75. The molecule has 9 heteroatoms. The lowest BCUT2D eigenvalue weighted by molar-refractivity contribution is -0.130. The Morgan fingerprint density at radius 3 is 2.38 bits per heavy atom. The molecule has 1 fully saturated rings. The van der Waals surface area contributed by atoms with Gasteiger partial charge in [0.1, 0.15) is 6.10 Å². The molecule has 0 bridgehead atoms. The molecular weight excluding hydrogens is 527 g/mol. The summed E-state index contributed by atoms with van der Waals surface area (Å²) in [6.07, 6.45) is 8.40. The summed E-state index contributed by atoms with van der Waals surface area (Å²) in [4.78, 5) is 36.7. The van der Waals surface area contributed by atoms with Crippen LogP contribution in [0.5, 0.6) is 0 Å². The lowest BCUT2D eigenvalue weighted by Gasteiger charge is -2.32. The van der Waals surface area contributed by atoms with Crippen LogP contribution in [0.2, 0.25) is 0 Å². The quantitative estimate of drug-likeness (QED) is 0.122. The molecule has 4 N–H and O–H groups in total. The van der Waals surface area contributed by atoms with Gasteiger partial charge >= 0.3 is 7.60 Å². The van der Waals surface area contributed by atoms with E-state index in [2.05, 4.69) is 17.6 Å². The van der Waals surface area contributed by atoms with Gasteiger partial charge in [0.2, 0.25) is 11.8 Å². The molecule has 0 radical (unpaired) electrons. The van der Waals surface area contributed by atoms with Gasteiger partial charge in [0.15, 0.2) is 0 Å². The maximum Gasteiger partial charge on any atom is 0.329 e. The minimum absolute atomic E-state index is 0.0777. The van der Waals surface area contributed by atoms with Crippen LogP contribution in [0.15, 0.2) is 30.3 Å². The molecule has 0 heterocycles. The molecule has 2 rings (SSSR count). The first-order valence-corrected chi connectivity index (χ1v) is 17.2. The summed E-state index contributed by atoms with van der Waals surface area (Å²) in [6, 6.07) is 8.87. The highest BCUT2D eigenvalue weighted by Gasteiger charge is 2.34. The molecule has 228 valence electrons. The Hall–Kier alpha value is -1.73. The average molecular weight is 581 g/mol. The second-order valence-corrected chi connectivity index (χ2v) is 13.5. The Morgan fingerprint density at radius 1 is 1.05 bits per heavy atom.